The average Bonchev–Trinajstić information content (AvgIpc) is 3.10. The van der Waals surface area contributed by atoms with E-state index in [1.54, 1.807) is 0 Å². The summed E-state index contributed by atoms with van der Waals surface area (Å²) < 4.78 is 7.60. The highest BCUT2D eigenvalue weighted by atomic mass is 16.4. The molecule has 0 bridgehead atoms. The number of rotatable bonds is 4. The molecule has 0 unspecified atom stereocenters. The Kier molecular flexibility index (Phi) is 3.82. The zero-order valence-electron chi connectivity index (χ0n) is 12.1. The second-order valence-corrected chi connectivity index (χ2v) is 5.45. The molecule has 0 aliphatic carbocycles. The molecule has 6 heteroatoms. The zero-order valence-corrected chi connectivity index (χ0v) is 12.1. The fraction of sp³-hybridized carbons (Fsp3) is 0.643. The van der Waals surface area contributed by atoms with Crippen LogP contribution in [0.3, 0.4) is 0 Å². The first-order valence-electron chi connectivity index (χ1n) is 7.27. The van der Waals surface area contributed by atoms with E-state index in [2.05, 4.69) is 27.1 Å². The predicted molar refractivity (Wildman–Crippen MR) is 74.0 cm³/mol. The molecule has 2 atom stereocenters. The Morgan fingerprint density at radius 2 is 2.30 bits per heavy atom. The molecule has 2 aromatic rings. The molecule has 1 aliphatic heterocycles. The molecule has 6 nitrogen and oxygen atoms in total. The highest BCUT2D eigenvalue weighted by Crippen LogP contribution is 2.28. The standard InChI is InChI=1S/C14H21N5O/c1-11(14-17-16-12(2)20-14)19-9-4-3-6-13(19)10-18-8-5-7-15-18/h5,7-8,11,13H,3-4,6,9-10H2,1-2H3/t11-,13+/m1/s1. The van der Waals surface area contributed by atoms with E-state index in [1.807, 2.05) is 30.1 Å². The minimum atomic E-state index is 0.164. The summed E-state index contributed by atoms with van der Waals surface area (Å²) >= 11 is 0. The van der Waals surface area contributed by atoms with Crippen LogP contribution in [-0.2, 0) is 6.54 Å². The number of hydrogen-bond donors (Lipinski definition) is 0. The van der Waals surface area contributed by atoms with Crippen molar-refractivity contribution in [2.45, 2.75) is 51.7 Å². The van der Waals surface area contributed by atoms with Crippen LogP contribution in [0.25, 0.3) is 0 Å². The smallest absolute Gasteiger partial charge is 0.233 e. The average molecular weight is 275 g/mol. The van der Waals surface area contributed by atoms with Crippen LogP contribution in [0.15, 0.2) is 22.9 Å². The van der Waals surface area contributed by atoms with Gasteiger partial charge in [-0.2, -0.15) is 5.10 Å². The lowest BCUT2D eigenvalue weighted by molar-refractivity contribution is 0.0748. The van der Waals surface area contributed by atoms with Crippen molar-refractivity contribution in [2.75, 3.05) is 6.54 Å². The van der Waals surface area contributed by atoms with E-state index in [1.165, 1.54) is 19.3 Å². The van der Waals surface area contributed by atoms with Crippen LogP contribution in [0, 0.1) is 6.92 Å². The van der Waals surface area contributed by atoms with Crippen LogP contribution in [0.1, 0.15) is 44.0 Å². The first-order valence-corrected chi connectivity index (χ1v) is 7.27. The maximum absolute atomic E-state index is 5.60. The van der Waals surface area contributed by atoms with Crippen molar-refractivity contribution in [1.29, 1.82) is 0 Å². The lowest BCUT2D eigenvalue weighted by atomic mass is 10.00. The molecule has 1 saturated heterocycles. The van der Waals surface area contributed by atoms with Gasteiger partial charge in [0.05, 0.1) is 12.6 Å². The number of likely N-dealkylation sites (tertiary alicyclic amines) is 1. The lowest BCUT2D eigenvalue weighted by Crippen LogP contribution is -2.43. The van der Waals surface area contributed by atoms with Crippen LogP contribution in [0.2, 0.25) is 0 Å². The van der Waals surface area contributed by atoms with E-state index in [0.717, 1.165) is 19.0 Å². The van der Waals surface area contributed by atoms with E-state index < -0.39 is 0 Å². The van der Waals surface area contributed by atoms with Crippen LogP contribution >= 0.6 is 0 Å². The molecule has 0 aromatic carbocycles. The molecule has 108 valence electrons. The van der Waals surface area contributed by atoms with Crippen molar-refractivity contribution < 1.29 is 4.42 Å². The van der Waals surface area contributed by atoms with Gasteiger partial charge in [-0.3, -0.25) is 9.58 Å². The third-order valence-corrected chi connectivity index (χ3v) is 4.03. The molecule has 2 aromatic heterocycles. The van der Waals surface area contributed by atoms with Gasteiger partial charge in [-0.25, -0.2) is 0 Å². The Morgan fingerprint density at radius 1 is 1.40 bits per heavy atom. The van der Waals surface area contributed by atoms with E-state index in [-0.39, 0.29) is 6.04 Å². The molecule has 1 aliphatic rings. The fourth-order valence-electron chi connectivity index (χ4n) is 2.98. The fourth-order valence-corrected chi connectivity index (χ4v) is 2.98. The summed E-state index contributed by atoms with van der Waals surface area (Å²) in [7, 11) is 0. The minimum absolute atomic E-state index is 0.164. The molecule has 0 saturated carbocycles. The number of nitrogens with zero attached hydrogens (tertiary/aromatic N) is 5. The van der Waals surface area contributed by atoms with Crippen LogP contribution in [-0.4, -0.2) is 37.5 Å². The minimum Gasteiger partial charge on any atom is -0.424 e. The first-order chi connectivity index (χ1) is 9.74. The Balaban J connectivity index is 1.74. The van der Waals surface area contributed by atoms with Gasteiger partial charge in [-0.05, 0) is 32.4 Å². The van der Waals surface area contributed by atoms with Gasteiger partial charge in [0.15, 0.2) is 0 Å². The van der Waals surface area contributed by atoms with Crippen molar-refractivity contribution in [1.82, 2.24) is 24.9 Å². The summed E-state index contributed by atoms with van der Waals surface area (Å²) in [6.07, 6.45) is 7.55. The highest BCUT2D eigenvalue weighted by Gasteiger charge is 2.30. The van der Waals surface area contributed by atoms with E-state index in [9.17, 15) is 0 Å². The predicted octanol–water partition coefficient (Wildman–Crippen LogP) is 2.19. The van der Waals surface area contributed by atoms with Crippen LogP contribution in [0.4, 0.5) is 0 Å². The van der Waals surface area contributed by atoms with Gasteiger partial charge in [0.1, 0.15) is 0 Å². The molecule has 0 radical (unpaired) electrons. The summed E-state index contributed by atoms with van der Waals surface area (Å²) in [4.78, 5) is 2.47. The summed E-state index contributed by atoms with van der Waals surface area (Å²) in [6.45, 7) is 5.98. The molecule has 0 spiro atoms. The topological polar surface area (TPSA) is 60.0 Å². The molecule has 1 fully saturated rings. The van der Waals surface area contributed by atoms with Crippen LogP contribution < -0.4 is 0 Å². The van der Waals surface area contributed by atoms with Crippen molar-refractivity contribution in [3.63, 3.8) is 0 Å². The van der Waals surface area contributed by atoms with Crippen molar-refractivity contribution in [3.05, 3.63) is 30.2 Å². The molecule has 3 heterocycles. The SMILES string of the molecule is Cc1nnc([C@@H](C)N2CCCC[C@H]2Cn2cccn2)o1. The molecule has 20 heavy (non-hydrogen) atoms. The second kappa shape index (κ2) is 5.75. The molecule has 3 rings (SSSR count). The number of hydrogen-bond acceptors (Lipinski definition) is 5. The summed E-state index contributed by atoms with van der Waals surface area (Å²) in [5, 5.41) is 12.4. The summed E-state index contributed by atoms with van der Waals surface area (Å²) in [5.41, 5.74) is 0. The lowest BCUT2D eigenvalue weighted by Gasteiger charge is -2.38. The van der Waals surface area contributed by atoms with Gasteiger partial charge in [-0.1, -0.05) is 6.42 Å². The monoisotopic (exact) mass is 275 g/mol. The highest BCUT2D eigenvalue weighted by molar-refractivity contribution is 4.92. The third-order valence-electron chi connectivity index (χ3n) is 4.03. The number of aromatic nitrogens is 4. The molecular weight excluding hydrogens is 254 g/mol. The summed E-state index contributed by atoms with van der Waals surface area (Å²) in [6, 6.07) is 2.61. The molecule has 0 N–H and O–H groups in total. The zero-order chi connectivity index (χ0) is 13.9. The van der Waals surface area contributed by atoms with Gasteiger partial charge in [0.2, 0.25) is 11.8 Å². The van der Waals surface area contributed by atoms with Gasteiger partial charge in [-0.15, -0.1) is 10.2 Å². The van der Waals surface area contributed by atoms with Crippen molar-refractivity contribution in [2.24, 2.45) is 0 Å². The summed E-state index contributed by atoms with van der Waals surface area (Å²) in [5.74, 6) is 1.35. The Bertz CT molecular complexity index is 536. The normalized spacial score (nSPS) is 22.0. The van der Waals surface area contributed by atoms with Crippen LogP contribution in [0.5, 0.6) is 0 Å². The van der Waals surface area contributed by atoms with Crippen molar-refractivity contribution >= 4 is 0 Å². The van der Waals surface area contributed by atoms with Gasteiger partial charge >= 0.3 is 0 Å². The van der Waals surface area contributed by atoms with Gasteiger partial charge < -0.3 is 4.42 Å². The van der Waals surface area contributed by atoms with E-state index >= 15 is 0 Å². The molecular formula is C14H21N5O. The molecule has 0 amide bonds. The van der Waals surface area contributed by atoms with Crippen molar-refractivity contribution in [3.8, 4) is 0 Å². The maximum atomic E-state index is 5.60. The van der Waals surface area contributed by atoms with E-state index in [4.69, 9.17) is 4.42 Å². The Morgan fingerprint density at radius 3 is 3.00 bits per heavy atom. The van der Waals surface area contributed by atoms with Gasteiger partial charge in [0.25, 0.3) is 0 Å². The first kappa shape index (κ1) is 13.3. The van der Waals surface area contributed by atoms with E-state index in [0.29, 0.717) is 11.9 Å². The maximum Gasteiger partial charge on any atom is 0.233 e. The van der Waals surface area contributed by atoms with Gasteiger partial charge in [0, 0.05) is 25.4 Å². The number of piperidine rings is 1. The quantitative estimate of drug-likeness (QED) is 0.856. The largest absolute Gasteiger partial charge is 0.424 e. The Labute approximate surface area is 118 Å². The third kappa shape index (κ3) is 2.75. The number of aryl methyl sites for hydroxylation is 1. The second-order valence-electron chi connectivity index (χ2n) is 5.45. The Hall–Kier alpha value is -1.69.